The predicted octanol–water partition coefficient (Wildman–Crippen LogP) is 2.56. The van der Waals surface area contributed by atoms with Gasteiger partial charge in [0, 0.05) is 5.69 Å². The van der Waals surface area contributed by atoms with Gasteiger partial charge in [-0.1, -0.05) is 48.0 Å². The fourth-order valence-electron chi connectivity index (χ4n) is 1.61. The second kappa shape index (κ2) is 7.09. The molecule has 0 fully saturated rings. The third kappa shape index (κ3) is 4.57. The molecular formula is C16H17N3O. The summed E-state index contributed by atoms with van der Waals surface area (Å²) in [6.45, 7) is 2.21. The topological polar surface area (TPSA) is 53.5 Å². The number of hydrazone groups is 1. The number of rotatable bonds is 5. The molecule has 2 rings (SSSR count). The molecule has 102 valence electrons. The van der Waals surface area contributed by atoms with Gasteiger partial charge in [-0.25, -0.2) is 5.43 Å². The Morgan fingerprint density at radius 1 is 1.10 bits per heavy atom. The van der Waals surface area contributed by atoms with Crippen LogP contribution in [0, 0.1) is 6.92 Å². The van der Waals surface area contributed by atoms with Gasteiger partial charge >= 0.3 is 0 Å². The minimum absolute atomic E-state index is 0.183. The molecule has 0 spiro atoms. The Morgan fingerprint density at radius 2 is 1.80 bits per heavy atom. The number of amides is 1. The Hall–Kier alpha value is -2.62. The number of nitrogens with zero attached hydrogens (tertiary/aromatic N) is 1. The minimum atomic E-state index is -0.183. The van der Waals surface area contributed by atoms with Gasteiger partial charge < -0.3 is 5.32 Å². The van der Waals surface area contributed by atoms with Gasteiger partial charge in [0.2, 0.25) is 0 Å². The monoisotopic (exact) mass is 267 g/mol. The Kier molecular flexibility index (Phi) is 4.89. The Labute approximate surface area is 118 Å². The summed E-state index contributed by atoms with van der Waals surface area (Å²) >= 11 is 0. The van der Waals surface area contributed by atoms with Gasteiger partial charge in [0.1, 0.15) is 0 Å². The van der Waals surface area contributed by atoms with Gasteiger partial charge in [-0.2, -0.15) is 5.10 Å². The van der Waals surface area contributed by atoms with Crippen molar-refractivity contribution < 1.29 is 4.79 Å². The number of aryl methyl sites for hydroxylation is 1. The second-order valence-electron chi connectivity index (χ2n) is 4.42. The molecule has 0 saturated heterocycles. The lowest BCUT2D eigenvalue weighted by atomic mass is 10.2. The molecule has 0 aromatic heterocycles. The van der Waals surface area contributed by atoms with E-state index in [-0.39, 0.29) is 12.5 Å². The maximum Gasteiger partial charge on any atom is 0.259 e. The molecular weight excluding hydrogens is 250 g/mol. The molecule has 2 N–H and O–H groups in total. The van der Waals surface area contributed by atoms with Crippen molar-refractivity contribution in [2.45, 2.75) is 6.92 Å². The van der Waals surface area contributed by atoms with Crippen LogP contribution in [0.2, 0.25) is 0 Å². The van der Waals surface area contributed by atoms with E-state index >= 15 is 0 Å². The predicted molar refractivity (Wildman–Crippen MR) is 81.8 cm³/mol. The first-order valence-corrected chi connectivity index (χ1v) is 6.41. The SMILES string of the molecule is Cc1ccc(NCC(=O)NN=Cc2ccccc2)cc1. The molecule has 0 aliphatic carbocycles. The minimum Gasteiger partial charge on any atom is -0.376 e. The third-order valence-electron chi connectivity index (χ3n) is 2.71. The van der Waals surface area contributed by atoms with Gasteiger partial charge in [-0.05, 0) is 24.6 Å². The van der Waals surface area contributed by atoms with Crippen molar-refractivity contribution in [2.24, 2.45) is 5.10 Å². The number of hydrogen-bond donors (Lipinski definition) is 2. The number of hydrogen-bond acceptors (Lipinski definition) is 3. The first kappa shape index (κ1) is 13.8. The highest BCUT2D eigenvalue weighted by Gasteiger charge is 1.98. The summed E-state index contributed by atoms with van der Waals surface area (Å²) in [5, 5.41) is 6.94. The van der Waals surface area contributed by atoms with Crippen molar-refractivity contribution >= 4 is 17.8 Å². The standard InChI is InChI=1S/C16H17N3O/c1-13-7-9-15(10-8-13)17-12-16(20)19-18-11-14-5-3-2-4-6-14/h2-11,17H,12H2,1H3,(H,19,20). The van der Waals surface area contributed by atoms with E-state index in [0.29, 0.717) is 0 Å². The van der Waals surface area contributed by atoms with Crippen LogP contribution in [-0.2, 0) is 4.79 Å². The number of carbonyl (C=O) groups is 1. The smallest absolute Gasteiger partial charge is 0.259 e. The maximum absolute atomic E-state index is 11.6. The summed E-state index contributed by atoms with van der Waals surface area (Å²) in [5.41, 5.74) is 5.53. The average Bonchev–Trinajstić information content (AvgIpc) is 2.48. The summed E-state index contributed by atoms with van der Waals surface area (Å²) in [6.07, 6.45) is 1.61. The summed E-state index contributed by atoms with van der Waals surface area (Å²) in [6, 6.07) is 17.5. The zero-order chi connectivity index (χ0) is 14.2. The molecule has 0 aliphatic rings. The molecule has 0 saturated carbocycles. The average molecular weight is 267 g/mol. The van der Waals surface area contributed by atoms with Crippen LogP contribution in [0.5, 0.6) is 0 Å². The molecule has 1 amide bonds. The lowest BCUT2D eigenvalue weighted by molar-refractivity contribution is -0.119. The van der Waals surface area contributed by atoms with Crippen molar-refractivity contribution in [3.05, 3.63) is 65.7 Å². The van der Waals surface area contributed by atoms with Gasteiger partial charge in [-0.3, -0.25) is 4.79 Å². The van der Waals surface area contributed by atoms with E-state index in [1.165, 1.54) is 5.56 Å². The maximum atomic E-state index is 11.6. The van der Waals surface area contributed by atoms with Gasteiger partial charge in [0.15, 0.2) is 0 Å². The highest BCUT2D eigenvalue weighted by Crippen LogP contribution is 2.07. The molecule has 0 unspecified atom stereocenters. The van der Waals surface area contributed by atoms with E-state index in [2.05, 4.69) is 15.8 Å². The van der Waals surface area contributed by atoms with Crippen LogP contribution in [0.25, 0.3) is 0 Å². The van der Waals surface area contributed by atoms with E-state index < -0.39 is 0 Å². The fraction of sp³-hybridized carbons (Fsp3) is 0.125. The zero-order valence-electron chi connectivity index (χ0n) is 11.3. The van der Waals surface area contributed by atoms with Crippen molar-refractivity contribution in [1.82, 2.24) is 5.43 Å². The van der Waals surface area contributed by atoms with Gasteiger partial charge in [-0.15, -0.1) is 0 Å². The molecule has 0 heterocycles. The lowest BCUT2D eigenvalue weighted by Crippen LogP contribution is -2.25. The van der Waals surface area contributed by atoms with Crippen LogP contribution in [-0.4, -0.2) is 18.7 Å². The molecule has 2 aromatic carbocycles. The van der Waals surface area contributed by atoms with Crippen molar-refractivity contribution in [3.8, 4) is 0 Å². The molecule has 0 atom stereocenters. The highest BCUT2D eigenvalue weighted by atomic mass is 16.2. The van der Waals surface area contributed by atoms with E-state index in [1.54, 1.807) is 6.21 Å². The van der Waals surface area contributed by atoms with E-state index in [1.807, 2.05) is 61.5 Å². The molecule has 4 heteroatoms. The van der Waals surface area contributed by atoms with E-state index in [4.69, 9.17) is 0 Å². The molecule has 4 nitrogen and oxygen atoms in total. The molecule has 0 radical (unpaired) electrons. The van der Waals surface area contributed by atoms with Crippen molar-refractivity contribution in [2.75, 3.05) is 11.9 Å². The lowest BCUT2D eigenvalue weighted by Gasteiger charge is -2.05. The molecule has 2 aromatic rings. The van der Waals surface area contributed by atoms with Crippen molar-refractivity contribution in [1.29, 1.82) is 0 Å². The first-order chi connectivity index (χ1) is 9.74. The van der Waals surface area contributed by atoms with Crippen LogP contribution in [0.15, 0.2) is 59.7 Å². The fourth-order valence-corrected chi connectivity index (χ4v) is 1.61. The first-order valence-electron chi connectivity index (χ1n) is 6.41. The van der Waals surface area contributed by atoms with Crippen LogP contribution in [0.3, 0.4) is 0 Å². The summed E-state index contributed by atoms with van der Waals surface area (Å²) in [4.78, 5) is 11.6. The van der Waals surface area contributed by atoms with Crippen LogP contribution >= 0.6 is 0 Å². The summed E-state index contributed by atoms with van der Waals surface area (Å²) in [5.74, 6) is -0.183. The quantitative estimate of drug-likeness (QED) is 0.646. The zero-order valence-corrected chi connectivity index (χ0v) is 11.3. The number of nitrogens with one attached hydrogen (secondary N) is 2. The number of benzene rings is 2. The Morgan fingerprint density at radius 3 is 2.50 bits per heavy atom. The third-order valence-corrected chi connectivity index (χ3v) is 2.71. The number of anilines is 1. The van der Waals surface area contributed by atoms with Crippen molar-refractivity contribution in [3.63, 3.8) is 0 Å². The van der Waals surface area contributed by atoms with Gasteiger partial charge in [0.25, 0.3) is 5.91 Å². The van der Waals surface area contributed by atoms with Crippen LogP contribution < -0.4 is 10.7 Å². The summed E-state index contributed by atoms with van der Waals surface area (Å²) < 4.78 is 0. The summed E-state index contributed by atoms with van der Waals surface area (Å²) in [7, 11) is 0. The molecule has 0 aliphatic heterocycles. The Balaban J connectivity index is 1.76. The van der Waals surface area contributed by atoms with Crippen LogP contribution in [0.4, 0.5) is 5.69 Å². The van der Waals surface area contributed by atoms with Crippen LogP contribution in [0.1, 0.15) is 11.1 Å². The number of carbonyl (C=O) groups excluding carboxylic acids is 1. The normalized spacial score (nSPS) is 10.4. The van der Waals surface area contributed by atoms with E-state index in [9.17, 15) is 4.79 Å². The second-order valence-corrected chi connectivity index (χ2v) is 4.42. The Bertz CT molecular complexity index is 576. The highest BCUT2D eigenvalue weighted by molar-refractivity contribution is 5.84. The molecule has 0 bridgehead atoms. The molecule has 20 heavy (non-hydrogen) atoms. The van der Waals surface area contributed by atoms with E-state index in [0.717, 1.165) is 11.3 Å². The largest absolute Gasteiger partial charge is 0.376 e. The van der Waals surface area contributed by atoms with Gasteiger partial charge in [0.05, 0.1) is 12.8 Å².